The highest BCUT2D eigenvalue weighted by Gasteiger charge is 2.15. The molecule has 4 aromatic rings. The standard InChI is InChI=1S/C27H29N5O2S/c1-2-34-24-15-13-22(14-16-24)28-20-25-30-31-27(32(25)23-11-7-4-8-12-23)35-18-17-26(33)29-19-21-9-5-3-6-10-21/h3-16,28H,2,17-20H2,1H3,(H,29,33). The predicted octanol–water partition coefficient (Wildman–Crippen LogP) is 5.08. The number of anilines is 1. The lowest BCUT2D eigenvalue weighted by molar-refractivity contribution is -0.120. The Morgan fingerprint density at radius 3 is 2.34 bits per heavy atom. The number of thioether (sulfide) groups is 1. The van der Waals surface area contributed by atoms with Crippen LogP contribution in [0.25, 0.3) is 5.69 Å². The monoisotopic (exact) mass is 487 g/mol. The molecule has 0 aliphatic carbocycles. The fourth-order valence-corrected chi connectivity index (χ4v) is 4.39. The topological polar surface area (TPSA) is 81.1 Å². The van der Waals surface area contributed by atoms with E-state index in [2.05, 4.69) is 20.8 Å². The number of rotatable bonds is 12. The van der Waals surface area contributed by atoms with Crippen molar-refractivity contribution in [1.82, 2.24) is 20.1 Å². The third-order valence-corrected chi connectivity index (χ3v) is 6.15. The van der Waals surface area contributed by atoms with Gasteiger partial charge in [0.15, 0.2) is 11.0 Å². The van der Waals surface area contributed by atoms with Gasteiger partial charge >= 0.3 is 0 Å². The first-order valence-electron chi connectivity index (χ1n) is 11.6. The molecule has 7 nitrogen and oxygen atoms in total. The second-order valence-electron chi connectivity index (χ2n) is 7.74. The number of ether oxygens (including phenoxy) is 1. The number of carbonyl (C=O) groups excluding carboxylic acids is 1. The van der Waals surface area contributed by atoms with Crippen molar-refractivity contribution in [3.05, 3.63) is 96.3 Å². The molecule has 8 heteroatoms. The summed E-state index contributed by atoms with van der Waals surface area (Å²) in [5, 5.41) is 16.0. The number of hydrogen-bond acceptors (Lipinski definition) is 6. The van der Waals surface area contributed by atoms with E-state index in [1.54, 1.807) is 0 Å². The highest BCUT2D eigenvalue weighted by Crippen LogP contribution is 2.24. The summed E-state index contributed by atoms with van der Waals surface area (Å²) in [4.78, 5) is 12.3. The van der Waals surface area contributed by atoms with Crippen LogP contribution < -0.4 is 15.4 Å². The van der Waals surface area contributed by atoms with Gasteiger partial charge in [0, 0.05) is 30.1 Å². The lowest BCUT2D eigenvalue weighted by Crippen LogP contribution is -2.23. The molecule has 0 radical (unpaired) electrons. The lowest BCUT2D eigenvalue weighted by Gasteiger charge is -2.12. The maximum absolute atomic E-state index is 12.3. The van der Waals surface area contributed by atoms with Crippen molar-refractivity contribution in [3.63, 3.8) is 0 Å². The van der Waals surface area contributed by atoms with Gasteiger partial charge in [-0.3, -0.25) is 9.36 Å². The molecule has 0 unspecified atom stereocenters. The number of hydrogen-bond donors (Lipinski definition) is 2. The molecule has 0 aliphatic heterocycles. The second kappa shape index (κ2) is 12.6. The summed E-state index contributed by atoms with van der Waals surface area (Å²) in [5.74, 6) is 2.26. The van der Waals surface area contributed by atoms with Crippen molar-refractivity contribution in [2.75, 3.05) is 17.7 Å². The Balaban J connectivity index is 1.37. The lowest BCUT2D eigenvalue weighted by atomic mass is 10.2. The van der Waals surface area contributed by atoms with Gasteiger partial charge in [0.2, 0.25) is 5.91 Å². The molecule has 1 amide bonds. The molecule has 0 bridgehead atoms. The molecule has 0 saturated heterocycles. The number of benzene rings is 3. The highest BCUT2D eigenvalue weighted by molar-refractivity contribution is 7.99. The molecule has 0 spiro atoms. The van der Waals surface area contributed by atoms with Crippen molar-refractivity contribution >= 4 is 23.4 Å². The molecule has 0 saturated carbocycles. The Bertz CT molecular complexity index is 1200. The van der Waals surface area contributed by atoms with Crippen LogP contribution in [0.1, 0.15) is 24.7 Å². The predicted molar refractivity (Wildman–Crippen MR) is 140 cm³/mol. The van der Waals surface area contributed by atoms with E-state index in [-0.39, 0.29) is 5.91 Å². The van der Waals surface area contributed by atoms with Gasteiger partial charge in [-0.25, -0.2) is 0 Å². The molecule has 0 atom stereocenters. The Hall–Kier alpha value is -3.78. The third kappa shape index (κ3) is 7.10. The SMILES string of the molecule is CCOc1ccc(NCc2nnc(SCCC(=O)NCc3ccccc3)n2-c2ccccc2)cc1. The van der Waals surface area contributed by atoms with Gasteiger partial charge in [-0.2, -0.15) is 0 Å². The highest BCUT2D eigenvalue weighted by atomic mass is 32.2. The van der Waals surface area contributed by atoms with Crippen LogP contribution in [0.2, 0.25) is 0 Å². The Labute approximate surface area is 209 Å². The molecule has 180 valence electrons. The number of nitrogens with zero attached hydrogens (tertiary/aromatic N) is 3. The van der Waals surface area contributed by atoms with Gasteiger partial charge in [-0.15, -0.1) is 10.2 Å². The number of aromatic nitrogens is 3. The van der Waals surface area contributed by atoms with E-state index in [0.717, 1.165) is 33.7 Å². The molecular weight excluding hydrogens is 458 g/mol. The summed E-state index contributed by atoms with van der Waals surface area (Å²) < 4.78 is 7.55. The molecule has 35 heavy (non-hydrogen) atoms. The summed E-state index contributed by atoms with van der Waals surface area (Å²) >= 11 is 1.53. The average molecular weight is 488 g/mol. The first-order valence-corrected chi connectivity index (χ1v) is 12.6. The average Bonchev–Trinajstić information content (AvgIpc) is 3.31. The normalized spacial score (nSPS) is 10.7. The zero-order valence-electron chi connectivity index (χ0n) is 19.7. The quantitative estimate of drug-likeness (QED) is 0.271. The smallest absolute Gasteiger partial charge is 0.221 e. The van der Waals surface area contributed by atoms with E-state index in [9.17, 15) is 4.79 Å². The number of carbonyl (C=O) groups is 1. The molecule has 0 aliphatic rings. The van der Waals surface area contributed by atoms with Gasteiger partial charge in [-0.1, -0.05) is 60.3 Å². The number of amides is 1. The minimum atomic E-state index is 0.0181. The fourth-order valence-electron chi connectivity index (χ4n) is 3.48. The minimum Gasteiger partial charge on any atom is -0.494 e. The van der Waals surface area contributed by atoms with Crippen LogP contribution in [0.4, 0.5) is 5.69 Å². The zero-order chi connectivity index (χ0) is 24.3. The Morgan fingerprint density at radius 1 is 0.914 bits per heavy atom. The second-order valence-corrected chi connectivity index (χ2v) is 8.80. The Morgan fingerprint density at radius 2 is 1.63 bits per heavy atom. The number of para-hydroxylation sites is 1. The third-order valence-electron chi connectivity index (χ3n) is 5.22. The zero-order valence-corrected chi connectivity index (χ0v) is 20.5. The summed E-state index contributed by atoms with van der Waals surface area (Å²) in [6, 6.07) is 27.8. The maximum atomic E-state index is 12.3. The summed E-state index contributed by atoms with van der Waals surface area (Å²) in [5.41, 5.74) is 3.04. The van der Waals surface area contributed by atoms with E-state index in [4.69, 9.17) is 4.74 Å². The molecule has 2 N–H and O–H groups in total. The van der Waals surface area contributed by atoms with Crippen molar-refractivity contribution in [2.45, 2.75) is 31.6 Å². The number of nitrogens with one attached hydrogen (secondary N) is 2. The van der Waals surface area contributed by atoms with Crippen LogP contribution in [0.15, 0.2) is 90.1 Å². The van der Waals surface area contributed by atoms with Crippen molar-refractivity contribution < 1.29 is 9.53 Å². The molecule has 1 heterocycles. The van der Waals surface area contributed by atoms with E-state index in [1.165, 1.54) is 11.8 Å². The fraction of sp³-hybridized carbons (Fsp3) is 0.222. The summed E-state index contributed by atoms with van der Waals surface area (Å²) in [6.07, 6.45) is 0.402. The van der Waals surface area contributed by atoms with Gasteiger partial charge in [-0.05, 0) is 48.9 Å². The van der Waals surface area contributed by atoms with Crippen molar-refractivity contribution in [1.29, 1.82) is 0 Å². The van der Waals surface area contributed by atoms with Gasteiger partial charge in [0.1, 0.15) is 5.75 Å². The first kappa shape index (κ1) is 24.3. The van der Waals surface area contributed by atoms with Crippen LogP contribution in [-0.4, -0.2) is 33.0 Å². The van der Waals surface area contributed by atoms with Gasteiger partial charge in [0.05, 0.1) is 13.2 Å². The molecule has 0 fully saturated rings. The molecule has 1 aromatic heterocycles. The van der Waals surface area contributed by atoms with E-state index < -0.39 is 0 Å². The minimum absolute atomic E-state index is 0.0181. The van der Waals surface area contributed by atoms with Crippen molar-refractivity contribution in [3.8, 4) is 11.4 Å². The summed E-state index contributed by atoms with van der Waals surface area (Å²) in [7, 11) is 0. The molecular formula is C27H29N5O2S. The van der Waals surface area contributed by atoms with Crippen LogP contribution in [-0.2, 0) is 17.9 Å². The van der Waals surface area contributed by atoms with Crippen LogP contribution in [0.3, 0.4) is 0 Å². The molecule has 4 rings (SSSR count). The van der Waals surface area contributed by atoms with E-state index in [0.29, 0.717) is 31.9 Å². The maximum Gasteiger partial charge on any atom is 0.221 e. The van der Waals surface area contributed by atoms with Crippen LogP contribution in [0, 0.1) is 0 Å². The van der Waals surface area contributed by atoms with Crippen LogP contribution >= 0.6 is 11.8 Å². The van der Waals surface area contributed by atoms with E-state index >= 15 is 0 Å². The molecule has 3 aromatic carbocycles. The first-order chi connectivity index (χ1) is 17.2. The van der Waals surface area contributed by atoms with Crippen LogP contribution in [0.5, 0.6) is 5.75 Å². The van der Waals surface area contributed by atoms with Crippen molar-refractivity contribution in [2.24, 2.45) is 0 Å². The van der Waals surface area contributed by atoms with Gasteiger partial charge < -0.3 is 15.4 Å². The van der Waals surface area contributed by atoms with E-state index in [1.807, 2.05) is 96.4 Å². The van der Waals surface area contributed by atoms with Gasteiger partial charge in [0.25, 0.3) is 0 Å². The summed E-state index contributed by atoms with van der Waals surface area (Å²) in [6.45, 7) is 3.65. The largest absolute Gasteiger partial charge is 0.494 e. The Kier molecular flexibility index (Phi) is 8.78.